The van der Waals surface area contributed by atoms with Crippen molar-refractivity contribution in [3.8, 4) is 5.75 Å². The third-order valence-electron chi connectivity index (χ3n) is 3.05. The highest BCUT2D eigenvalue weighted by Crippen LogP contribution is 2.20. The maximum absolute atomic E-state index is 5.87. The number of ether oxygens (including phenoxy) is 2. The number of benzene rings is 1. The Balaban J connectivity index is 0.00000441. The monoisotopic (exact) mass is 421 g/mol. The molecule has 0 amide bonds. The van der Waals surface area contributed by atoms with Crippen molar-refractivity contribution < 1.29 is 9.47 Å². The number of halogens is 1. The maximum atomic E-state index is 5.87. The van der Waals surface area contributed by atoms with Gasteiger partial charge in [-0.3, -0.25) is 4.99 Å². The Bertz CT molecular complexity index is 465. The molecule has 0 atom stereocenters. The van der Waals surface area contributed by atoms with Crippen molar-refractivity contribution in [2.75, 3.05) is 41.5 Å². The number of nitrogens with one attached hydrogen (secondary N) is 1. The molecule has 0 heterocycles. The minimum absolute atomic E-state index is 0. The van der Waals surface area contributed by atoms with Crippen LogP contribution in [0.4, 0.5) is 0 Å². The highest BCUT2D eigenvalue weighted by atomic mass is 127. The number of aliphatic imine (C=N–C) groups is 1. The van der Waals surface area contributed by atoms with E-state index in [9.17, 15) is 0 Å². The Morgan fingerprint density at radius 1 is 1.27 bits per heavy atom. The van der Waals surface area contributed by atoms with Crippen molar-refractivity contribution in [2.24, 2.45) is 4.99 Å². The molecule has 0 aromatic heterocycles. The summed E-state index contributed by atoms with van der Waals surface area (Å²) in [5.41, 5.74) is 2.32. The molecule has 0 radical (unpaired) electrons. The Labute approximate surface area is 151 Å². The predicted octanol–water partition coefficient (Wildman–Crippen LogP) is 2.67. The Kier molecular flexibility index (Phi) is 11.0. The van der Waals surface area contributed by atoms with Crippen molar-refractivity contribution in [2.45, 2.75) is 19.9 Å². The van der Waals surface area contributed by atoms with E-state index in [1.54, 1.807) is 14.2 Å². The third-order valence-corrected chi connectivity index (χ3v) is 3.05. The van der Waals surface area contributed by atoms with Gasteiger partial charge >= 0.3 is 0 Å². The minimum Gasteiger partial charge on any atom is -0.493 e. The molecule has 0 aliphatic rings. The van der Waals surface area contributed by atoms with Crippen LogP contribution >= 0.6 is 24.0 Å². The van der Waals surface area contributed by atoms with E-state index < -0.39 is 0 Å². The van der Waals surface area contributed by atoms with Crippen molar-refractivity contribution in [3.05, 3.63) is 29.3 Å². The highest BCUT2D eigenvalue weighted by molar-refractivity contribution is 14.0. The summed E-state index contributed by atoms with van der Waals surface area (Å²) in [6.07, 6.45) is 0.886. The molecule has 0 unspecified atom stereocenters. The quantitative estimate of drug-likeness (QED) is 0.318. The van der Waals surface area contributed by atoms with Crippen LogP contribution in [0, 0.1) is 6.92 Å². The van der Waals surface area contributed by atoms with Gasteiger partial charge in [-0.25, -0.2) is 0 Å². The molecule has 1 N–H and O–H groups in total. The SMILES string of the molecule is CN=C(NCc1ccc(C)cc1OCCCOC)N(C)C.I. The van der Waals surface area contributed by atoms with Crippen LogP contribution in [0.25, 0.3) is 0 Å². The second-order valence-electron chi connectivity index (χ2n) is 5.10. The molecule has 5 nitrogen and oxygen atoms in total. The number of hydrogen-bond donors (Lipinski definition) is 1. The van der Waals surface area contributed by atoms with Gasteiger partial charge in [0.25, 0.3) is 0 Å². The number of rotatable bonds is 7. The van der Waals surface area contributed by atoms with Crippen LogP contribution in [0.1, 0.15) is 17.5 Å². The van der Waals surface area contributed by atoms with E-state index in [2.05, 4.69) is 35.4 Å². The molecule has 0 saturated carbocycles. The first kappa shape index (κ1) is 21.0. The summed E-state index contributed by atoms with van der Waals surface area (Å²) in [5, 5.41) is 3.32. The summed E-state index contributed by atoms with van der Waals surface area (Å²) in [7, 11) is 7.41. The lowest BCUT2D eigenvalue weighted by Gasteiger charge is -2.18. The average molecular weight is 421 g/mol. The van der Waals surface area contributed by atoms with Gasteiger partial charge in [-0.15, -0.1) is 24.0 Å². The summed E-state index contributed by atoms with van der Waals surface area (Å²) >= 11 is 0. The molecule has 6 heteroatoms. The highest BCUT2D eigenvalue weighted by Gasteiger charge is 2.06. The lowest BCUT2D eigenvalue weighted by Crippen LogP contribution is -2.35. The fourth-order valence-electron chi connectivity index (χ4n) is 1.94. The van der Waals surface area contributed by atoms with Crippen molar-refractivity contribution in [1.82, 2.24) is 10.2 Å². The molecular formula is C16H28IN3O2. The van der Waals surface area contributed by atoms with Crippen LogP contribution in [-0.4, -0.2) is 52.3 Å². The van der Waals surface area contributed by atoms with Crippen LogP contribution in [0.5, 0.6) is 5.75 Å². The maximum Gasteiger partial charge on any atom is 0.193 e. The molecule has 22 heavy (non-hydrogen) atoms. The molecule has 0 aliphatic heterocycles. The second kappa shape index (κ2) is 11.5. The second-order valence-corrected chi connectivity index (χ2v) is 5.10. The zero-order valence-corrected chi connectivity index (χ0v) is 16.5. The predicted molar refractivity (Wildman–Crippen MR) is 102 cm³/mol. The number of nitrogens with zero attached hydrogens (tertiary/aromatic N) is 2. The molecule has 1 aromatic carbocycles. The molecule has 1 aromatic rings. The van der Waals surface area contributed by atoms with Crippen LogP contribution in [0.15, 0.2) is 23.2 Å². The van der Waals surface area contributed by atoms with E-state index in [4.69, 9.17) is 9.47 Å². The van der Waals surface area contributed by atoms with Crippen molar-refractivity contribution in [3.63, 3.8) is 0 Å². The Morgan fingerprint density at radius 3 is 2.59 bits per heavy atom. The van der Waals surface area contributed by atoms with E-state index in [0.717, 1.165) is 23.7 Å². The molecule has 126 valence electrons. The van der Waals surface area contributed by atoms with Gasteiger partial charge in [-0.1, -0.05) is 12.1 Å². The lowest BCUT2D eigenvalue weighted by atomic mass is 10.1. The summed E-state index contributed by atoms with van der Waals surface area (Å²) in [4.78, 5) is 6.16. The van der Waals surface area contributed by atoms with Crippen LogP contribution in [-0.2, 0) is 11.3 Å². The molecule has 0 fully saturated rings. The smallest absolute Gasteiger partial charge is 0.193 e. The zero-order valence-electron chi connectivity index (χ0n) is 14.2. The largest absolute Gasteiger partial charge is 0.493 e. The van der Waals surface area contributed by atoms with Gasteiger partial charge < -0.3 is 19.7 Å². The summed E-state index contributed by atoms with van der Waals surface area (Å²) in [6.45, 7) is 4.13. The van der Waals surface area contributed by atoms with Gasteiger partial charge in [-0.2, -0.15) is 0 Å². The minimum atomic E-state index is 0. The van der Waals surface area contributed by atoms with Crippen LogP contribution in [0.2, 0.25) is 0 Å². The Hall–Kier alpha value is -1.02. The topological polar surface area (TPSA) is 46.1 Å². The molecular weight excluding hydrogens is 393 g/mol. The average Bonchev–Trinajstić information content (AvgIpc) is 2.45. The summed E-state index contributed by atoms with van der Waals surface area (Å²) < 4.78 is 10.9. The molecule has 1 rings (SSSR count). The number of hydrogen-bond acceptors (Lipinski definition) is 3. The molecule has 0 bridgehead atoms. The van der Waals surface area contributed by atoms with Crippen molar-refractivity contribution >= 4 is 29.9 Å². The van der Waals surface area contributed by atoms with Gasteiger partial charge in [0.2, 0.25) is 0 Å². The third kappa shape index (κ3) is 7.31. The van der Waals surface area contributed by atoms with Crippen LogP contribution in [0.3, 0.4) is 0 Å². The zero-order chi connectivity index (χ0) is 15.7. The number of guanidine groups is 1. The molecule has 0 saturated heterocycles. The van der Waals surface area contributed by atoms with Gasteiger partial charge in [-0.05, 0) is 18.6 Å². The normalized spacial score (nSPS) is 10.9. The van der Waals surface area contributed by atoms with Gasteiger partial charge in [0.1, 0.15) is 5.75 Å². The van der Waals surface area contributed by atoms with E-state index in [1.807, 2.05) is 19.0 Å². The molecule has 0 spiro atoms. The van der Waals surface area contributed by atoms with Gasteiger partial charge in [0, 0.05) is 53.4 Å². The van der Waals surface area contributed by atoms with E-state index in [-0.39, 0.29) is 24.0 Å². The van der Waals surface area contributed by atoms with Gasteiger partial charge in [0.15, 0.2) is 5.96 Å². The summed E-state index contributed by atoms with van der Waals surface area (Å²) in [6, 6.07) is 6.26. The first-order valence-electron chi connectivity index (χ1n) is 7.17. The van der Waals surface area contributed by atoms with Gasteiger partial charge in [0.05, 0.1) is 6.61 Å². The van der Waals surface area contributed by atoms with E-state index in [0.29, 0.717) is 19.8 Å². The number of aryl methyl sites for hydroxylation is 1. The first-order chi connectivity index (χ1) is 10.1. The lowest BCUT2D eigenvalue weighted by molar-refractivity contribution is 0.171. The summed E-state index contributed by atoms with van der Waals surface area (Å²) in [5.74, 6) is 1.77. The van der Waals surface area contributed by atoms with Crippen molar-refractivity contribution in [1.29, 1.82) is 0 Å². The van der Waals surface area contributed by atoms with E-state index in [1.165, 1.54) is 5.56 Å². The van der Waals surface area contributed by atoms with Crippen LogP contribution < -0.4 is 10.1 Å². The van der Waals surface area contributed by atoms with E-state index >= 15 is 0 Å². The molecule has 0 aliphatic carbocycles. The number of methoxy groups -OCH3 is 1. The Morgan fingerprint density at radius 2 is 2.00 bits per heavy atom. The first-order valence-corrected chi connectivity index (χ1v) is 7.17. The fourth-order valence-corrected chi connectivity index (χ4v) is 1.94. The standard InChI is InChI=1S/C16H27N3O2.HI/c1-13-7-8-14(12-18-16(17-2)19(3)4)15(11-13)21-10-6-9-20-5;/h7-8,11H,6,9-10,12H2,1-5H3,(H,17,18);1H. The fraction of sp³-hybridized carbons (Fsp3) is 0.562.